The maximum absolute atomic E-state index is 12.3. The number of hydrogen-bond donors (Lipinski definition) is 1. The SMILES string of the molecule is CN(CCCN)S(=O)(=O)N1CCN(C(C)(C)C)CC1. The molecule has 0 unspecified atom stereocenters. The van der Waals surface area contributed by atoms with E-state index in [1.54, 1.807) is 11.4 Å². The van der Waals surface area contributed by atoms with Crippen LogP contribution in [-0.2, 0) is 10.2 Å². The summed E-state index contributed by atoms with van der Waals surface area (Å²) >= 11 is 0. The van der Waals surface area contributed by atoms with Crippen molar-refractivity contribution in [1.29, 1.82) is 0 Å². The molecule has 0 atom stereocenters. The maximum Gasteiger partial charge on any atom is 0.281 e. The molecule has 0 radical (unpaired) electrons. The van der Waals surface area contributed by atoms with Crippen molar-refractivity contribution in [3.63, 3.8) is 0 Å². The summed E-state index contributed by atoms with van der Waals surface area (Å²) in [4.78, 5) is 2.32. The first-order chi connectivity index (χ1) is 8.69. The maximum atomic E-state index is 12.3. The van der Waals surface area contributed by atoms with Gasteiger partial charge in [-0.25, -0.2) is 0 Å². The van der Waals surface area contributed by atoms with Crippen LogP contribution in [0.3, 0.4) is 0 Å². The van der Waals surface area contributed by atoms with Crippen molar-refractivity contribution < 1.29 is 8.42 Å². The number of hydrogen-bond acceptors (Lipinski definition) is 4. The molecule has 0 saturated carbocycles. The first-order valence-electron chi connectivity index (χ1n) is 6.86. The van der Waals surface area contributed by atoms with Crippen molar-refractivity contribution in [3.8, 4) is 0 Å². The molecule has 0 aromatic heterocycles. The van der Waals surface area contributed by atoms with Gasteiger partial charge in [0, 0.05) is 45.3 Å². The highest BCUT2D eigenvalue weighted by atomic mass is 32.2. The molecule has 0 aromatic rings. The second-order valence-corrected chi connectivity index (χ2v) is 8.06. The molecule has 1 rings (SSSR count). The van der Waals surface area contributed by atoms with E-state index >= 15 is 0 Å². The lowest BCUT2D eigenvalue weighted by Crippen LogP contribution is -2.56. The average Bonchev–Trinajstić information content (AvgIpc) is 2.35. The zero-order chi connectivity index (χ0) is 14.7. The molecular weight excluding hydrogens is 264 g/mol. The second-order valence-electron chi connectivity index (χ2n) is 6.03. The predicted octanol–water partition coefficient (Wildman–Crippen LogP) is -0.0721. The molecule has 19 heavy (non-hydrogen) atoms. The van der Waals surface area contributed by atoms with E-state index < -0.39 is 10.2 Å². The Morgan fingerprint density at radius 1 is 1.16 bits per heavy atom. The number of nitrogens with zero attached hydrogens (tertiary/aromatic N) is 3. The molecule has 0 aliphatic carbocycles. The number of piperazine rings is 1. The molecule has 1 aliphatic rings. The Bertz CT molecular complexity index is 370. The summed E-state index contributed by atoms with van der Waals surface area (Å²) in [6.45, 7) is 10.2. The van der Waals surface area contributed by atoms with Gasteiger partial charge in [0.2, 0.25) is 0 Å². The fourth-order valence-electron chi connectivity index (χ4n) is 2.22. The molecule has 0 bridgehead atoms. The molecule has 114 valence electrons. The van der Waals surface area contributed by atoms with Crippen LogP contribution in [0.2, 0.25) is 0 Å². The molecule has 1 heterocycles. The van der Waals surface area contributed by atoms with Crippen molar-refractivity contribution >= 4 is 10.2 Å². The summed E-state index contributed by atoms with van der Waals surface area (Å²) in [7, 11) is -1.69. The van der Waals surface area contributed by atoms with E-state index in [-0.39, 0.29) is 5.54 Å². The highest BCUT2D eigenvalue weighted by Gasteiger charge is 2.33. The Morgan fingerprint density at radius 2 is 1.68 bits per heavy atom. The van der Waals surface area contributed by atoms with E-state index in [0.29, 0.717) is 32.6 Å². The van der Waals surface area contributed by atoms with Crippen molar-refractivity contribution in [2.45, 2.75) is 32.7 Å². The molecule has 0 aromatic carbocycles. The second kappa shape index (κ2) is 6.49. The van der Waals surface area contributed by atoms with E-state index in [9.17, 15) is 8.42 Å². The average molecular weight is 292 g/mol. The van der Waals surface area contributed by atoms with Crippen LogP contribution in [0.15, 0.2) is 0 Å². The normalized spacial score (nSPS) is 20.1. The zero-order valence-corrected chi connectivity index (χ0v) is 13.4. The van der Waals surface area contributed by atoms with Gasteiger partial charge in [-0.05, 0) is 33.7 Å². The van der Waals surface area contributed by atoms with Crippen LogP contribution in [0.4, 0.5) is 0 Å². The van der Waals surface area contributed by atoms with E-state index in [1.807, 2.05) is 0 Å². The fourth-order valence-corrected chi connectivity index (χ4v) is 3.59. The van der Waals surface area contributed by atoms with Crippen molar-refractivity contribution in [3.05, 3.63) is 0 Å². The lowest BCUT2D eigenvalue weighted by molar-refractivity contribution is 0.0901. The van der Waals surface area contributed by atoms with Gasteiger partial charge in [-0.2, -0.15) is 17.0 Å². The third-order valence-electron chi connectivity index (χ3n) is 3.58. The Morgan fingerprint density at radius 3 is 2.11 bits per heavy atom. The van der Waals surface area contributed by atoms with Crippen molar-refractivity contribution in [1.82, 2.24) is 13.5 Å². The van der Waals surface area contributed by atoms with Gasteiger partial charge in [0.25, 0.3) is 10.2 Å². The summed E-state index contributed by atoms with van der Waals surface area (Å²) in [5, 5.41) is 0. The fraction of sp³-hybridized carbons (Fsp3) is 1.00. The van der Waals surface area contributed by atoms with Gasteiger partial charge in [-0.3, -0.25) is 4.90 Å². The van der Waals surface area contributed by atoms with Gasteiger partial charge in [0.1, 0.15) is 0 Å². The number of nitrogens with two attached hydrogens (primary N) is 1. The van der Waals surface area contributed by atoms with Crippen LogP contribution >= 0.6 is 0 Å². The van der Waals surface area contributed by atoms with Crippen LogP contribution < -0.4 is 5.73 Å². The van der Waals surface area contributed by atoms with Crippen molar-refractivity contribution in [2.75, 3.05) is 46.3 Å². The molecule has 0 amide bonds. The van der Waals surface area contributed by atoms with Gasteiger partial charge in [-0.15, -0.1) is 0 Å². The minimum atomic E-state index is -3.32. The Labute approximate surface area is 117 Å². The Hall–Kier alpha value is -0.210. The van der Waals surface area contributed by atoms with Gasteiger partial charge in [0.05, 0.1) is 0 Å². The third kappa shape index (κ3) is 4.39. The summed E-state index contributed by atoms with van der Waals surface area (Å²) in [6, 6.07) is 0. The van der Waals surface area contributed by atoms with E-state index in [0.717, 1.165) is 13.1 Å². The lowest BCUT2D eigenvalue weighted by atomic mass is 10.1. The minimum Gasteiger partial charge on any atom is -0.330 e. The molecule has 7 heteroatoms. The number of rotatable bonds is 5. The van der Waals surface area contributed by atoms with Gasteiger partial charge < -0.3 is 5.73 Å². The Kier molecular flexibility index (Phi) is 5.76. The van der Waals surface area contributed by atoms with Gasteiger partial charge in [-0.1, -0.05) is 0 Å². The summed E-state index contributed by atoms with van der Waals surface area (Å²) in [5.74, 6) is 0. The molecule has 1 fully saturated rings. The van der Waals surface area contributed by atoms with Crippen LogP contribution in [0.1, 0.15) is 27.2 Å². The van der Waals surface area contributed by atoms with Crippen LogP contribution in [0.25, 0.3) is 0 Å². The van der Waals surface area contributed by atoms with Gasteiger partial charge >= 0.3 is 0 Å². The quantitative estimate of drug-likeness (QED) is 0.770. The van der Waals surface area contributed by atoms with Gasteiger partial charge in [0.15, 0.2) is 0 Å². The highest BCUT2D eigenvalue weighted by molar-refractivity contribution is 7.86. The highest BCUT2D eigenvalue weighted by Crippen LogP contribution is 2.18. The molecule has 1 aliphatic heterocycles. The smallest absolute Gasteiger partial charge is 0.281 e. The summed E-state index contributed by atoms with van der Waals surface area (Å²) in [5.41, 5.74) is 5.52. The van der Waals surface area contributed by atoms with E-state index in [2.05, 4.69) is 25.7 Å². The van der Waals surface area contributed by atoms with E-state index in [1.165, 1.54) is 4.31 Å². The van der Waals surface area contributed by atoms with Crippen LogP contribution in [-0.4, -0.2) is 73.8 Å². The van der Waals surface area contributed by atoms with E-state index in [4.69, 9.17) is 5.73 Å². The topological polar surface area (TPSA) is 69.9 Å². The van der Waals surface area contributed by atoms with Crippen LogP contribution in [0, 0.1) is 0 Å². The summed E-state index contributed by atoms with van der Waals surface area (Å²) in [6.07, 6.45) is 0.692. The van der Waals surface area contributed by atoms with Crippen molar-refractivity contribution in [2.24, 2.45) is 5.73 Å². The third-order valence-corrected chi connectivity index (χ3v) is 5.57. The Balaban J connectivity index is 2.59. The molecular formula is C12H28N4O2S. The summed E-state index contributed by atoms with van der Waals surface area (Å²) < 4.78 is 27.7. The lowest BCUT2D eigenvalue weighted by Gasteiger charge is -2.42. The molecule has 1 saturated heterocycles. The molecule has 2 N–H and O–H groups in total. The molecule has 0 spiro atoms. The standard InChI is InChI=1S/C12H28N4O2S/c1-12(2,3)15-8-10-16(11-9-15)19(17,18)14(4)7-5-6-13/h5-11,13H2,1-4H3. The zero-order valence-electron chi connectivity index (χ0n) is 12.6. The first-order valence-corrected chi connectivity index (χ1v) is 8.26. The largest absolute Gasteiger partial charge is 0.330 e. The predicted molar refractivity (Wildman–Crippen MR) is 78.1 cm³/mol. The monoisotopic (exact) mass is 292 g/mol. The first kappa shape index (κ1) is 16.8. The van der Waals surface area contributed by atoms with Crippen LogP contribution in [0.5, 0.6) is 0 Å². The minimum absolute atomic E-state index is 0.0985. The molecule has 6 nitrogen and oxygen atoms in total.